The van der Waals surface area contributed by atoms with Gasteiger partial charge in [-0.1, -0.05) is 19.3 Å². The van der Waals surface area contributed by atoms with E-state index in [9.17, 15) is 9.59 Å². The molecule has 0 atom stereocenters. The zero-order chi connectivity index (χ0) is 18.8. The van der Waals surface area contributed by atoms with Crippen LogP contribution in [-0.2, 0) is 14.3 Å². The number of ether oxygens (including phenoxy) is 1. The van der Waals surface area contributed by atoms with Gasteiger partial charge in [0.15, 0.2) is 0 Å². The molecule has 0 aromatic carbocycles. The van der Waals surface area contributed by atoms with Crippen molar-refractivity contribution in [1.82, 2.24) is 10.2 Å². The molecule has 1 heterocycles. The van der Waals surface area contributed by atoms with Gasteiger partial charge in [-0.2, -0.15) is 0 Å². The van der Waals surface area contributed by atoms with Gasteiger partial charge in [-0.25, -0.2) is 0 Å². The first kappa shape index (κ1) is 21.2. The van der Waals surface area contributed by atoms with Gasteiger partial charge < -0.3 is 20.7 Å². The first-order valence-corrected chi connectivity index (χ1v) is 10.4. The molecule has 3 N–H and O–H groups in total. The van der Waals surface area contributed by atoms with Crippen LogP contribution in [0.25, 0.3) is 0 Å². The molecule has 0 unspecified atom stereocenters. The van der Waals surface area contributed by atoms with Gasteiger partial charge in [0, 0.05) is 45.2 Å². The van der Waals surface area contributed by atoms with E-state index in [0.717, 1.165) is 32.1 Å². The predicted octanol–water partition coefficient (Wildman–Crippen LogP) is 2.07. The quantitative estimate of drug-likeness (QED) is 0.611. The maximum absolute atomic E-state index is 12.7. The lowest BCUT2D eigenvalue weighted by Gasteiger charge is -2.38. The standard InChI is InChI=1S/C20H37N3O3/c1-2-26-14-6-11-22-19(25)17-7-12-23(13-8-17)18(24)15-20(16-21)9-4-3-5-10-20/h17H,2-16,21H2,1H3,(H,22,25). The fourth-order valence-electron chi connectivity index (χ4n) is 4.25. The molecule has 1 aliphatic carbocycles. The highest BCUT2D eigenvalue weighted by Crippen LogP contribution is 2.39. The maximum atomic E-state index is 12.7. The van der Waals surface area contributed by atoms with Gasteiger partial charge in [-0.3, -0.25) is 9.59 Å². The molecule has 0 spiro atoms. The van der Waals surface area contributed by atoms with Crippen molar-refractivity contribution in [3.63, 3.8) is 0 Å². The van der Waals surface area contributed by atoms with Crippen LogP contribution in [0.15, 0.2) is 0 Å². The smallest absolute Gasteiger partial charge is 0.223 e. The monoisotopic (exact) mass is 367 g/mol. The van der Waals surface area contributed by atoms with Crippen molar-refractivity contribution in [2.24, 2.45) is 17.1 Å². The number of rotatable bonds is 9. The van der Waals surface area contributed by atoms with E-state index < -0.39 is 0 Å². The van der Waals surface area contributed by atoms with Crippen LogP contribution in [0.4, 0.5) is 0 Å². The van der Waals surface area contributed by atoms with Crippen LogP contribution in [0.1, 0.15) is 64.7 Å². The molecule has 0 radical (unpaired) electrons. The summed E-state index contributed by atoms with van der Waals surface area (Å²) in [6.07, 6.45) is 8.76. The lowest BCUT2D eigenvalue weighted by atomic mass is 9.71. The van der Waals surface area contributed by atoms with Crippen LogP contribution in [0, 0.1) is 11.3 Å². The fraction of sp³-hybridized carbons (Fsp3) is 0.900. The van der Waals surface area contributed by atoms with E-state index in [4.69, 9.17) is 10.5 Å². The molecule has 2 aliphatic rings. The number of carbonyl (C=O) groups excluding carboxylic acids is 2. The SMILES string of the molecule is CCOCCCNC(=O)C1CCN(C(=O)CC2(CN)CCCCC2)CC1. The van der Waals surface area contributed by atoms with E-state index in [2.05, 4.69) is 5.32 Å². The number of carbonyl (C=O) groups is 2. The van der Waals surface area contributed by atoms with Gasteiger partial charge in [0.1, 0.15) is 0 Å². The van der Waals surface area contributed by atoms with Crippen molar-refractivity contribution in [3.05, 3.63) is 0 Å². The van der Waals surface area contributed by atoms with Crippen LogP contribution < -0.4 is 11.1 Å². The van der Waals surface area contributed by atoms with E-state index >= 15 is 0 Å². The van der Waals surface area contributed by atoms with Gasteiger partial charge in [0.05, 0.1) is 0 Å². The number of piperidine rings is 1. The van der Waals surface area contributed by atoms with E-state index in [-0.39, 0.29) is 23.1 Å². The summed E-state index contributed by atoms with van der Waals surface area (Å²) in [6, 6.07) is 0. The van der Waals surface area contributed by atoms with Crippen molar-refractivity contribution in [3.8, 4) is 0 Å². The Hall–Kier alpha value is -1.14. The summed E-state index contributed by atoms with van der Waals surface area (Å²) < 4.78 is 5.28. The highest BCUT2D eigenvalue weighted by Gasteiger charge is 2.35. The van der Waals surface area contributed by atoms with Crippen molar-refractivity contribution in [2.75, 3.05) is 39.4 Å². The second-order valence-electron chi connectivity index (χ2n) is 7.94. The number of hydrogen-bond acceptors (Lipinski definition) is 4. The minimum atomic E-state index is 0.0180. The molecule has 0 aromatic heterocycles. The topological polar surface area (TPSA) is 84.7 Å². The summed E-state index contributed by atoms with van der Waals surface area (Å²) in [6.45, 7) is 6.03. The Labute approximate surface area is 158 Å². The summed E-state index contributed by atoms with van der Waals surface area (Å²) in [5.74, 6) is 0.386. The summed E-state index contributed by atoms with van der Waals surface area (Å²) >= 11 is 0. The molecule has 2 amide bonds. The van der Waals surface area contributed by atoms with Crippen molar-refractivity contribution in [1.29, 1.82) is 0 Å². The Morgan fingerprint density at radius 1 is 1.19 bits per heavy atom. The molecule has 6 heteroatoms. The number of hydrogen-bond donors (Lipinski definition) is 2. The van der Waals surface area contributed by atoms with Gasteiger partial charge in [-0.05, 0) is 51.0 Å². The molecule has 1 saturated carbocycles. The third-order valence-electron chi connectivity index (χ3n) is 6.06. The Morgan fingerprint density at radius 2 is 1.88 bits per heavy atom. The fourth-order valence-corrected chi connectivity index (χ4v) is 4.25. The Bertz CT molecular complexity index is 442. The number of amides is 2. The molecular formula is C20H37N3O3. The van der Waals surface area contributed by atoms with Crippen LogP contribution in [0.2, 0.25) is 0 Å². The highest BCUT2D eigenvalue weighted by molar-refractivity contribution is 5.80. The molecule has 2 rings (SSSR count). The van der Waals surface area contributed by atoms with Crippen LogP contribution in [0.3, 0.4) is 0 Å². The molecule has 0 aromatic rings. The summed E-state index contributed by atoms with van der Waals surface area (Å²) in [5.41, 5.74) is 6.04. The number of nitrogens with one attached hydrogen (secondary N) is 1. The number of nitrogens with zero attached hydrogens (tertiary/aromatic N) is 1. The predicted molar refractivity (Wildman–Crippen MR) is 103 cm³/mol. The third kappa shape index (κ3) is 6.23. The van der Waals surface area contributed by atoms with Crippen molar-refractivity contribution >= 4 is 11.8 Å². The van der Waals surface area contributed by atoms with E-state index in [1.807, 2.05) is 11.8 Å². The number of likely N-dealkylation sites (tertiary alicyclic amines) is 1. The third-order valence-corrected chi connectivity index (χ3v) is 6.06. The summed E-state index contributed by atoms with van der Waals surface area (Å²) in [5, 5.41) is 3.00. The average molecular weight is 368 g/mol. The molecule has 6 nitrogen and oxygen atoms in total. The Balaban J connectivity index is 1.70. The van der Waals surface area contributed by atoms with E-state index in [1.54, 1.807) is 0 Å². The molecule has 0 bridgehead atoms. The van der Waals surface area contributed by atoms with E-state index in [0.29, 0.717) is 45.8 Å². The van der Waals surface area contributed by atoms with Crippen LogP contribution in [0.5, 0.6) is 0 Å². The first-order valence-electron chi connectivity index (χ1n) is 10.4. The summed E-state index contributed by atoms with van der Waals surface area (Å²) in [7, 11) is 0. The van der Waals surface area contributed by atoms with E-state index in [1.165, 1.54) is 19.3 Å². The molecule has 2 fully saturated rings. The molecule has 1 saturated heterocycles. The van der Waals surface area contributed by atoms with Crippen LogP contribution in [-0.4, -0.2) is 56.1 Å². The lowest BCUT2D eigenvalue weighted by molar-refractivity contribution is -0.138. The largest absolute Gasteiger partial charge is 0.382 e. The van der Waals surface area contributed by atoms with Crippen LogP contribution >= 0.6 is 0 Å². The highest BCUT2D eigenvalue weighted by atomic mass is 16.5. The molecule has 150 valence electrons. The van der Waals surface area contributed by atoms with Gasteiger partial charge in [0.2, 0.25) is 11.8 Å². The lowest BCUT2D eigenvalue weighted by Crippen LogP contribution is -2.46. The molecule has 26 heavy (non-hydrogen) atoms. The maximum Gasteiger partial charge on any atom is 0.223 e. The van der Waals surface area contributed by atoms with Gasteiger partial charge in [0.25, 0.3) is 0 Å². The van der Waals surface area contributed by atoms with Gasteiger partial charge >= 0.3 is 0 Å². The minimum absolute atomic E-state index is 0.0180. The van der Waals surface area contributed by atoms with Crippen molar-refractivity contribution in [2.45, 2.75) is 64.7 Å². The Kier molecular flexibility index (Phi) is 8.85. The second kappa shape index (κ2) is 10.9. The van der Waals surface area contributed by atoms with Gasteiger partial charge in [-0.15, -0.1) is 0 Å². The molecule has 1 aliphatic heterocycles. The zero-order valence-corrected chi connectivity index (χ0v) is 16.4. The first-order chi connectivity index (χ1) is 12.6. The molecular weight excluding hydrogens is 330 g/mol. The summed E-state index contributed by atoms with van der Waals surface area (Å²) in [4.78, 5) is 26.9. The van der Waals surface area contributed by atoms with Crippen molar-refractivity contribution < 1.29 is 14.3 Å². The zero-order valence-electron chi connectivity index (χ0n) is 16.4. The normalized spacial score (nSPS) is 20.8. The average Bonchev–Trinajstić information content (AvgIpc) is 2.68. The second-order valence-corrected chi connectivity index (χ2v) is 7.94. The minimum Gasteiger partial charge on any atom is -0.382 e. The Morgan fingerprint density at radius 3 is 2.50 bits per heavy atom. The number of nitrogens with two attached hydrogens (primary N) is 1.